The number of nitrogens with zero attached hydrogens (tertiary/aromatic N) is 1. The number of hydrogen-bond acceptors (Lipinski definition) is 4. The minimum Gasteiger partial charge on any atom is -0.507 e. The van der Waals surface area contributed by atoms with Gasteiger partial charge in [0, 0.05) is 0 Å². The molecule has 0 saturated heterocycles. The van der Waals surface area contributed by atoms with Crippen LogP contribution in [0.2, 0.25) is 0 Å². The number of phenols is 1. The lowest BCUT2D eigenvalue weighted by Gasteiger charge is -2.05. The first-order valence-electron chi connectivity index (χ1n) is 6.39. The molecule has 5 nitrogen and oxygen atoms in total. The van der Waals surface area contributed by atoms with E-state index in [-0.39, 0.29) is 11.3 Å². The van der Waals surface area contributed by atoms with Crippen LogP contribution < -0.4 is 10.2 Å². The molecule has 2 rings (SSSR count). The lowest BCUT2D eigenvalue weighted by molar-refractivity contribution is 0.0952. The second kappa shape index (κ2) is 6.56. The summed E-state index contributed by atoms with van der Waals surface area (Å²) in [5.41, 5.74) is 4.13. The summed E-state index contributed by atoms with van der Waals surface area (Å²) in [7, 11) is 1.60. The Balaban J connectivity index is 2.09. The Morgan fingerprint density at radius 3 is 2.43 bits per heavy atom. The standard InChI is InChI=1S/C16H16N2O3/c1-11(12-7-9-13(21-2)10-8-12)17-18-16(20)14-5-3-4-6-15(14)19/h3-10,19H,1-2H3,(H,18,20)/b17-11+. The van der Waals surface area contributed by atoms with Gasteiger partial charge in [0.05, 0.1) is 18.4 Å². The summed E-state index contributed by atoms with van der Waals surface area (Å²) < 4.78 is 5.08. The van der Waals surface area contributed by atoms with Crippen molar-refractivity contribution in [2.75, 3.05) is 7.11 Å². The third-order valence-corrected chi connectivity index (χ3v) is 2.98. The maximum absolute atomic E-state index is 11.9. The molecule has 2 N–H and O–H groups in total. The molecule has 0 aliphatic heterocycles. The zero-order chi connectivity index (χ0) is 15.2. The van der Waals surface area contributed by atoms with E-state index in [1.807, 2.05) is 24.3 Å². The number of amides is 1. The largest absolute Gasteiger partial charge is 0.507 e. The summed E-state index contributed by atoms with van der Waals surface area (Å²) in [6, 6.07) is 13.6. The van der Waals surface area contributed by atoms with Gasteiger partial charge < -0.3 is 9.84 Å². The van der Waals surface area contributed by atoms with Crippen molar-refractivity contribution in [2.45, 2.75) is 6.92 Å². The first kappa shape index (κ1) is 14.6. The van der Waals surface area contributed by atoms with E-state index in [2.05, 4.69) is 10.5 Å². The Hall–Kier alpha value is -2.82. The van der Waals surface area contributed by atoms with E-state index in [0.29, 0.717) is 5.71 Å². The molecule has 0 spiro atoms. The first-order chi connectivity index (χ1) is 10.1. The van der Waals surface area contributed by atoms with Crippen molar-refractivity contribution in [2.24, 2.45) is 5.10 Å². The normalized spacial score (nSPS) is 11.0. The molecule has 0 aliphatic rings. The van der Waals surface area contributed by atoms with Crippen LogP contribution in [0.25, 0.3) is 0 Å². The van der Waals surface area contributed by atoms with Crippen LogP contribution in [0.3, 0.4) is 0 Å². The molecular formula is C16H16N2O3. The Labute approximate surface area is 122 Å². The highest BCUT2D eigenvalue weighted by atomic mass is 16.5. The van der Waals surface area contributed by atoms with E-state index in [4.69, 9.17) is 4.74 Å². The Kier molecular flexibility index (Phi) is 4.56. The number of nitrogens with one attached hydrogen (secondary N) is 1. The van der Waals surface area contributed by atoms with Crippen LogP contribution >= 0.6 is 0 Å². The van der Waals surface area contributed by atoms with Crippen molar-refractivity contribution >= 4 is 11.6 Å². The fraction of sp³-hybridized carbons (Fsp3) is 0.125. The number of methoxy groups -OCH3 is 1. The molecule has 108 valence electrons. The Morgan fingerprint density at radius 1 is 1.14 bits per heavy atom. The van der Waals surface area contributed by atoms with Crippen LogP contribution in [-0.4, -0.2) is 23.8 Å². The zero-order valence-electron chi connectivity index (χ0n) is 11.8. The van der Waals surface area contributed by atoms with Gasteiger partial charge in [0.25, 0.3) is 5.91 Å². The number of ether oxygens (including phenoxy) is 1. The van der Waals surface area contributed by atoms with E-state index < -0.39 is 5.91 Å². The predicted octanol–water partition coefficient (Wildman–Crippen LogP) is 2.55. The molecule has 0 atom stereocenters. The minimum atomic E-state index is -0.457. The molecule has 1 amide bonds. The highest BCUT2D eigenvalue weighted by Crippen LogP contribution is 2.15. The van der Waals surface area contributed by atoms with E-state index in [9.17, 15) is 9.90 Å². The number of aromatic hydroxyl groups is 1. The monoisotopic (exact) mass is 284 g/mol. The summed E-state index contributed by atoms with van der Waals surface area (Å²) in [6.45, 7) is 1.78. The molecule has 0 heterocycles. The van der Waals surface area contributed by atoms with Gasteiger partial charge >= 0.3 is 0 Å². The van der Waals surface area contributed by atoms with Gasteiger partial charge in [-0.25, -0.2) is 5.43 Å². The number of carbonyl (C=O) groups excluding carboxylic acids is 1. The number of hydrazone groups is 1. The number of rotatable bonds is 4. The third kappa shape index (κ3) is 3.60. The second-order valence-electron chi connectivity index (χ2n) is 4.38. The molecule has 0 fully saturated rings. The number of benzene rings is 2. The molecule has 0 aromatic heterocycles. The molecule has 21 heavy (non-hydrogen) atoms. The van der Waals surface area contributed by atoms with E-state index >= 15 is 0 Å². The van der Waals surface area contributed by atoms with Gasteiger partial charge in [0.1, 0.15) is 11.5 Å². The zero-order valence-corrected chi connectivity index (χ0v) is 11.8. The van der Waals surface area contributed by atoms with Crippen molar-refractivity contribution in [1.29, 1.82) is 0 Å². The lowest BCUT2D eigenvalue weighted by Crippen LogP contribution is -2.19. The summed E-state index contributed by atoms with van der Waals surface area (Å²) >= 11 is 0. The summed E-state index contributed by atoms with van der Waals surface area (Å²) in [5, 5.41) is 13.6. The highest BCUT2D eigenvalue weighted by molar-refractivity contribution is 6.01. The van der Waals surface area contributed by atoms with Crippen molar-refractivity contribution < 1.29 is 14.6 Å². The first-order valence-corrected chi connectivity index (χ1v) is 6.39. The smallest absolute Gasteiger partial charge is 0.275 e. The van der Waals surface area contributed by atoms with Gasteiger partial charge in [-0.1, -0.05) is 12.1 Å². The van der Waals surface area contributed by atoms with Crippen LogP contribution in [0.15, 0.2) is 53.6 Å². The van der Waals surface area contributed by atoms with E-state index in [1.54, 1.807) is 26.2 Å². The molecule has 0 radical (unpaired) electrons. The van der Waals surface area contributed by atoms with Gasteiger partial charge in [-0.2, -0.15) is 5.10 Å². The molecule has 0 aliphatic carbocycles. The van der Waals surface area contributed by atoms with Crippen LogP contribution in [0.1, 0.15) is 22.8 Å². The Bertz CT molecular complexity index is 663. The van der Waals surface area contributed by atoms with Crippen molar-refractivity contribution in [3.05, 3.63) is 59.7 Å². The molecule has 2 aromatic carbocycles. The van der Waals surface area contributed by atoms with Gasteiger partial charge in [0.2, 0.25) is 0 Å². The van der Waals surface area contributed by atoms with Crippen molar-refractivity contribution in [1.82, 2.24) is 5.43 Å². The summed E-state index contributed by atoms with van der Waals surface area (Å²) in [6.07, 6.45) is 0. The van der Waals surface area contributed by atoms with Gasteiger partial charge in [-0.05, 0) is 48.9 Å². The molecule has 0 unspecified atom stereocenters. The lowest BCUT2D eigenvalue weighted by atomic mass is 10.1. The van der Waals surface area contributed by atoms with Gasteiger partial charge in [-0.3, -0.25) is 4.79 Å². The van der Waals surface area contributed by atoms with Crippen molar-refractivity contribution in [3.63, 3.8) is 0 Å². The average Bonchev–Trinajstić information content (AvgIpc) is 2.52. The molecule has 2 aromatic rings. The maximum Gasteiger partial charge on any atom is 0.275 e. The Morgan fingerprint density at radius 2 is 1.81 bits per heavy atom. The fourth-order valence-electron chi connectivity index (χ4n) is 1.76. The molecule has 0 saturated carbocycles. The van der Waals surface area contributed by atoms with Gasteiger partial charge in [-0.15, -0.1) is 0 Å². The number of phenolic OH excluding ortho intramolecular Hbond substituents is 1. The third-order valence-electron chi connectivity index (χ3n) is 2.98. The molecular weight excluding hydrogens is 268 g/mol. The van der Waals surface area contributed by atoms with E-state index in [1.165, 1.54) is 12.1 Å². The number of hydrogen-bond donors (Lipinski definition) is 2. The molecule has 5 heteroatoms. The van der Waals surface area contributed by atoms with Crippen LogP contribution in [0.5, 0.6) is 11.5 Å². The van der Waals surface area contributed by atoms with Gasteiger partial charge in [0.15, 0.2) is 0 Å². The van der Waals surface area contributed by atoms with Crippen LogP contribution in [0.4, 0.5) is 0 Å². The minimum absolute atomic E-state index is 0.0766. The summed E-state index contributed by atoms with van der Waals surface area (Å²) in [4.78, 5) is 11.9. The second-order valence-corrected chi connectivity index (χ2v) is 4.38. The number of carbonyl (C=O) groups is 1. The topological polar surface area (TPSA) is 70.9 Å². The SMILES string of the molecule is COc1ccc(/C(C)=N/NC(=O)c2ccccc2O)cc1. The maximum atomic E-state index is 11.9. The quantitative estimate of drug-likeness (QED) is 0.669. The number of para-hydroxylation sites is 1. The van der Waals surface area contributed by atoms with E-state index in [0.717, 1.165) is 11.3 Å². The fourth-order valence-corrected chi connectivity index (χ4v) is 1.76. The molecule has 0 bridgehead atoms. The highest BCUT2D eigenvalue weighted by Gasteiger charge is 2.09. The predicted molar refractivity (Wildman–Crippen MR) is 80.8 cm³/mol. The van der Waals surface area contributed by atoms with Crippen molar-refractivity contribution in [3.8, 4) is 11.5 Å². The summed E-state index contributed by atoms with van der Waals surface area (Å²) in [5.74, 6) is 0.220. The van der Waals surface area contributed by atoms with Crippen LogP contribution in [0, 0.1) is 0 Å². The average molecular weight is 284 g/mol. The van der Waals surface area contributed by atoms with Crippen LogP contribution in [-0.2, 0) is 0 Å².